The number of carbonyl (C=O) groups excluding carboxylic acids is 3. The predicted molar refractivity (Wildman–Crippen MR) is 113 cm³/mol. The van der Waals surface area contributed by atoms with E-state index in [2.05, 4.69) is 17.9 Å². The summed E-state index contributed by atoms with van der Waals surface area (Å²) >= 11 is 5.97. The van der Waals surface area contributed by atoms with Crippen molar-refractivity contribution in [2.75, 3.05) is 18.6 Å². The number of benzene rings is 1. The largest absolute Gasteiger partial charge is 0.464 e. The van der Waals surface area contributed by atoms with Gasteiger partial charge in [0.1, 0.15) is 11.8 Å². The van der Waals surface area contributed by atoms with Crippen LogP contribution in [-0.4, -0.2) is 47.6 Å². The van der Waals surface area contributed by atoms with Crippen LogP contribution in [-0.2, 0) is 25.5 Å². The van der Waals surface area contributed by atoms with Crippen LogP contribution in [0, 0.1) is 12.8 Å². The molecule has 3 atom stereocenters. The average Bonchev–Trinajstić information content (AvgIpc) is 2.63. The molecule has 0 heterocycles. The van der Waals surface area contributed by atoms with Crippen molar-refractivity contribution < 1.29 is 19.1 Å². The fourth-order valence-corrected chi connectivity index (χ4v) is 3.43. The Morgan fingerprint density at radius 2 is 1.93 bits per heavy atom. The number of rotatable bonds is 11. The number of thioether (sulfide) groups is 1. The second kappa shape index (κ2) is 12.1. The Bertz CT molecular complexity index is 651. The van der Waals surface area contributed by atoms with Crippen LogP contribution in [0.4, 0.5) is 0 Å². The third kappa shape index (κ3) is 7.58. The standard InChI is InChI=1S/C20H29NO4S2/c1-5-25-20(24)17(10-11-27-4)21-19(23)16(18(26)14(3)22)12-15-9-7-6-8-13(15)2/h6-9,16-18,26H,5,10-12H2,1-4H3,(H,21,23)/t16?,17?,18-/m1/s1. The summed E-state index contributed by atoms with van der Waals surface area (Å²) in [6.45, 7) is 5.36. The smallest absolute Gasteiger partial charge is 0.328 e. The number of esters is 1. The van der Waals surface area contributed by atoms with Gasteiger partial charge in [-0.1, -0.05) is 24.3 Å². The summed E-state index contributed by atoms with van der Waals surface area (Å²) in [5.74, 6) is -0.939. The molecule has 1 amide bonds. The van der Waals surface area contributed by atoms with Crippen LogP contribution in [0.15, 0.2) is 24.3 Å². The Morgan fingerprint density at radius 3 is 2.48 bits per heavy atom. The maximum atomic E-state index is 13.0. The lowest BCUT2D eigenvalue weighted by Gasteiger charge is -2.24. The van der Waals surface area contributed by atoms with Gasteiger partial charge in [0, 0.05) is 0 Å². The number of thiol groups is 1. The second-order valence-corrected chi connectivity index (χ2v) is 7.93. The van der Waals surface area contributed by atoms with Gasteiger partial charge in [-0.3, -0.25) is 9.59 Å². The van der Waals surface area contributed by atoms with Gasteiger partial charge in [0.05, 0.1) is 17.8 Å². The number of ketones is 1. The zero-order valence-electron chi connectivity index (χ0n) is 16.4. The molecular weight excluding hydrogens is 382 g/mol. The first-order valence-corrected chi connectivity index (χ1v) is 10.9. The lowest BCUT2D eigenvalue weighted by atomic mass is 9.91. The first-order chi connectivity index (χ1) is 12.8. The molecule has 1 aromatic carbocycles. The highest BCUT2D eigenvalue weighted by molar-refractivity contribution is 7.98. The molecule has 0 aliphatic carbocycles. The molecule has 0 spiro atoms. The molecule has 27 heavy (non-hydrogen) atoms. The van der Waals surface area contributed by atoms with E-state index < -0.39 is 23.2 Å². The van der Waals surface area contributed by atoms with Crippen molar-refractivity contribution in [1.82, 2.24) is 5.32 Å². The molecule has 2 unspecified atom stereocenters. The number of hydrogen-bond donors (Lipinski definition) is 2. The average molecular weight is 412 g/mol. The normalized spacial score (nSPS) is 14.1. The number of hydrogen-bond acceptors (Lipinski definition) is 6. The number of carbonyl (C=O) groups is 3. The van der Waals surface area contributed by atoms with Crippen molar-refractivity contribution in [3.63, 3.8) is 0 Å². The molecule has 0 fully saturated rings. The molecule has 0 radical (unpaired) electrons. The van der Waals surface area contributed by atoms with Crippen molar-refractivity contribution in [1.29, 1.82) is 0 Å². The van der Waals surface area contributed by atoms with Gasteiger partial charge in [-0.05, 0) is 56.7 Å². The highest BCUT2D eigenvalue weighted by Gasteiger charge is 2.32. The van der Waals surface area contributed by atoms with Crippen LogP contribution in [0.3, 0.4) is 0 Å². The van der Waals surface area contributed by atoms with E-state index in [9.17, 15) is 14.4 Å². The van der Waals surface area contributed by atoms with Gasteiger partial charge in [-0.25, -0.2) is 4.79 Å². The molecule has 7 heteroatoms. The number of ether oxygens (including phenoxy) is 1. The zero-order valence-corrected chi connectivity index (χ0v) is 18.1. The lowest BCUT2D eigenvalue weighted by molar-refractivity contribution is -0.148. The van der Waals surface area contributed by atoms with E-state index in [-0.39, 0.29) is 18.3 Å². The molecule has 0 aliphatic rings. The first kappa shape index (κ1) is 23.6. The summed E-state index contributed by atoms with van der Waals surface area (Å²) < 4.78 is 5.08. The van der Waals surface area contributed by atoms with Gasteiger partial charge in [0.2, 0.25) is 5.91 Å². The zero-order chi connectivity index (χ0) is 20.4. The van der Waals surface area contributed by atoms with E-state index in [4.69, 9.17) is 4.74 Å². The van der Waals surface area contributed by atoms with E-state index in [1.54, 1.807) is 18.7 Å². The van der Waals surface area contributed by atoms with Gasteiger partial charge >= 0.3 is 5.97 Å². The molecule has 5 nitrogen and oxygen atoms in total. The molecule has 0 bridgehead atoms. The summed E-state index contributed by atoms with van der Waals surface area (Å²) in [5, 5.41) is 2.04. The monoisotopic (exact) mass is 411 g/mol. The fourth-order valence-electron chi connectivity index (χ4n) is 2.71. The summed E-state index contributed by atoms with van der Waals surface area (Å²) in [6.07, 6.45) is 2.79. The summed E-state index contributed by atoms with van der Waals surface area (Å²) in [6, 6.07) is 7.00. The van der Waals surface area contributed by atoms with Crippen LogP contribution in [0.2, 0.25) is 0 Å². The lowest BCUT2D eigenvalue weighted by Crippen LogP contribution is -2.48. The molecule has 150 valence electrons. The van der Waals surface area contributed by atoms with Gasteiger partial charge < -0.3 is 10.1 Å². The first-order valence-electron chi connectivity index (χ1n) is 9.00. The predicted octanol–water partition coefficient (Wildman–Crippen LogP) is 2.84. The van der Waals surface area contributed by atoms with Crippen LogP contribution in [0.25, 0.3) is 0 Å². The molecule has 0 saturated carbocycles. The molecule has 1 aromatic rings. The number of Topliss-reactive ketones (excluding diaryl/α,β-unsaturated/α-hetero) is 1. The fraction of sp³-hybridized carbons (Fsp3) is 0.550. The summed E-state index contributed by atoms with van der Waals surface area (Å²) in [7, 11) is 0. The van der Waals surface area contributed by atoms with Crippen LogP contribution >= 0.6 is 24.4 Å². The molecule has 1 N–H and O–H groups in total. The highest BCUT2D eigenvalue weighted by Crippen LogP contribution is 2.21. The minimum Gasteiger partial charge on any atom is -0.464 e. The third-order valence-corrected chi connectivity index (χ3v) is 5.70. The van der Waals surface area contributed by atoms with E-state index in [1.807, 2.05) is 37.4 Å². The summed E-state index contributed by atoms with van der Waals surface area (Å²) in [4.78, 5) is 37.1. The topological polar surface area (TPSA) is 72.5 Å². The second-order valence-electron chi connectivity index (χ2n) is 6.39. The van der Waals surface area contributed by atoms with Crippen LogP contribution in [0.5, 0.6) is 0 Å². The maximum Gasteiger partial charge on any atom is 0.328 e. The van der Waals surface area contributed by atoms with E-state index in [0.29, 0.717) is 18.6 Å². The van der Waals surface area contributed by atoms with Crippen molar-refractivity contribution in [2.24, 2.45) is 5.92 Å². The number of aryl methyl sites for hydroxylation is 1. The highest BCUT2D eigenvalue weighted by atomic mass is 32.2. The van der Waals surface area contributed by atoms with Gasteiger partial charge in [-0.15, -0.1) is 0 Å². The van der Waals surface area contributed by atoms with Crippen molar-refractivity contribution in [2.45, 2.75) is 44.9 Å². The van der Waals surface area contributed by atoms with Crippen molar-refractivity contribution >= 4 is 42.1 Å². The maximum absolute atomic E-state index is 13.0. The minimum atomic E-state index is -0.743. The Labute approximate surface area is 171 Å². The van der Waals surface area contributed by atoms with Crippen LogP contribution in [0.1, 0.15) is 31.4 Å². The van der Waals surface area contributed by atoms with Gasteiger partial charge in [0.15, 0.2) is 0 Å². The van der Waals surface area contributed by atoms with Crippen LogP contribution < -0.4 is 5.32 Å². The Hall–Kier alpha value is -1.47. The van der Waals surface area contributed by atoms with Crippen molar-refractivity contribution in [3.05, 3.63) is 35.4 Å². The third-order valence-electron chi connectivity index (χ3n) is 4.33. The quantitative estimate of drug-likeness (QED) is 0.433. The number of nitrogens with one attached hydrogen (secondary N) is 1. The van der Waals surface area contributed by atoms with Gasteiger partial charge in [-0.2, -0.15) is 24.4 Å². The minimum absolute atomic E-state index is 0.177. The van der Waals surface area contributed by atoms with E-state index >= 15 is 0 Å². The summed E-state index contributed by atoms with van der Waals surface area (Å²) in [5.41, 5.74) is 2.03. The molecule has 0 saturated heterocycles. The Kier molecular flexibility index (Phi) is 10.5. The molecule has 0 aliphatic heterocycles. The van der Waals surface area contributed by atoms with E-state index in [1.165, 1.54) is 6.92 Å². The van der Waals surface area contributed by atoms with E-state index in [0.717, 1.165) is 11.1 Å². The van der Waals surface area contributed by atoms with Gasteiger partial charge in [0.25, 0.3) is 0 Å². The number of amides is 1. The molecule has 1 rings (SSSR count). The Balaban J connectivity index is 3.01. The SMILES string of the molecule is CCOC(=O)C(CCSC)NC(=O)C(Cc1ccccc1C)[C@H](S)C(C)=O. The molecule has 0 aromatic heterocycles. The molecular formula is C20H29NO4S2. The van der Waals surface area contributed by atoms with Crippen molar-refractivity contribution in [3.8, 4) is 0 Å². The Morgan fingerprint density at radius 1 is 1.26 bits per heavy atom.